The van der Waals surface area contributed by atoms with Gasteiger partial charge in [0.15, 0.2) is 11.6 Å². The van der Waals surface area contributed by atoms with E-state index in [1.807, 2.05) is 0 Å². The highest BCUT2D eigenvalue weighted by molar-refractivity contribution is 5.98. The van der Waals surface area contributed by atoms with E-state index in [0.717, 1.165) is 0 Å². The first-order valence-corrected chi connectivity index (χ1v) is 6.78. The highest BCUT2D eigenvalue weighted by Gasteiger charge is 2.02. The molecule has 6 nitrogen and oxygen atoms in total. The maximum atomic E-state index is 11.5. The molecule has 0 heterocycles. The van der Waals surface area contributed by atoms with Crippen molar-refractivity contribution in [2.75, 3.05) is 0 Å². The van der Waals surface area contributed by atoms with E-state index < -0.39 is 11.9 Å². The van der Waals surface area contributed by atoms with Crippen LogP contribution < -0.4 is 0 Å². The van der Waals surface area contributed by atoms with Crippen LogP contribution in [0, 0.1) is 0 Å². The van der Waals surface area contributed by atoms with Gasteiger partial charge < -0.3 is 10.2 Å². The summed E-state index contributed by atoms with van der Waals surface area (Å²) < 4.78 is 0. The molecule has 0 aliphatic carbocycles. The molecule has 0 bridgehead atoms. The van der Waals surface area contributed by atoms with E-state index in [1.54, 1.807) is 0 Å². The molecule has 0 saturated carbocycles. The highest BCUT2D eigenvalue weighted by atomic mass is 16.4. The summed E-state index contributed by atoms with van der Waals surface area (Å²) in [4.78, 5) is 44.0. The van der Waals surface area contributed by atoms with Crippen LogP contribution in [0.15, 0.2) is 35.5 Å². The summed E-state index contributed by atoms with van der Waals surface area (Å²) in [5, 5.41) is 17.3. The topological polar surface area (TPSA) is 109 Å². The van der Waals surface area contributed by atoms with Crippen LogP contribution in [0.4, 0.5) is 0 Å². The molecule has 0 atom stereocenters. The number of carbonyl (C=O) groups is 4. The largest absolute Gasteiger partial charge is 0.478 e. The fourth-order valence-electron chi connectivity index (χ4n) is 1.39. The van der Waals surface area contributed by atoms with Gasteiger partial charge in [-0.1, -0.05) is 12.2 Å². The molecule has 0 amide bonds. The summed E-state index contributed by atoms with van der Waals surface area (Å²) in [6.45, 7) is 2.89. The van der Waals surface area contributed by atoms with Crippen LogP contribution in [0.3, 0.4) is 0 Å². The minimum atomic E-state index is -1.03. The lowest BCUT2D eigenvalue weighted by Crippen LogP contribution is -1.99. The number of allylic oxidation sites excluding steroid dienone is 4. The maximum Gasteiger partial charge on any atom is 0.330 e. The lowest BCUT2D eigenvalue weighted by atomic mass is 10.1. The lowest BCUT2D eigenvalue weighted by Gasteiger charge is -1.95. The van der Waals surface area contributed by atoms with E-state index in [1.165, 1.54) is 38.2 Å². The average molecular weight is 308 g/mol. The van der Waals surface area contributed by atoms with Crippen molar-refractivity contribution in [3.63, 3.8) is 0 Å². The molecule has 0 aliphatic rings. The van der Waals surface area contributed by atoms with Crippen molar-refractivity contribution in [1.82, 2.24) is 0 Å². The molecule has 0 aromatic carbocycles. The van der Waals surface area contributed by atoms with Crippen molar-refractivity contribution in [2.24, 2.45) is 0 Å². The van der Waals surface area contributed by atoms with Gasteiger partial charge >= 0.3 is 11.9 Å². The molecule has 22 heavy (non-hydrogen) atoms. The lowest BCUT2D eigenvalue weighted by molar-refractivity contribution is -0.133. The number of aliphatic carboxylic acids is 2. The standard InChI is InChI=1S/C16H20O6/c1-11(15(19)20)5-3-7-13(17)9-10-14(18)8-4-6-12(2)16(21)22/h5-6,9-10H,3-4,7-8H2,1-2H3,(H,19,20)(H,21,22)/b10-9-,11-5?,12-6?. The quantitative estimate of drug-likeness (QED) is 0.599. The Hall–Kier alpha value is -2.50. The van der Waals surface area contributed by atoms with Crippen molar-refractivity contribution in [3.8, 4) is 0 Å². The van der Waals surface area contributed by atoms with Gasteiger partial charge in [-0.3, -0.25) is 9.59 Å². The third-order valence-corrected chi connectivity index (χ3v) is 2.81. The molecule has 0 unspecified atom stereocenters. The second-order valence-corrected chi connectivity index (χ2v) is 4.73. The van der Waals surface area contributed by atoms with Gasteiger partial charge in [-0.15, -0.1) is 0 Å². The minimum Gasteiger partial charge on any atom is -0.478 e. The summed E-state index contributed by atoms with van der Waals surface area (Å²) in [7, 11) is 0. The predicted molar refractivity (Wildman–Crippen MR) is 80.4 cm³/mol. The Morgan fingerprint density at radius 3 is 1.32 bits per heavy atom. The van der Waals surface area contributed by atoms with Crippen molar-refractivity contribution in [2.45, 2.75) is 39.5 Å². The van der Waals surface area contributed by atoms with E-state index in [-0.39, 0.29) is 35.6 Å². The Morgan fingerprint density at radius 2 is 1.05 bits per heavy atom. The summed E-state index contributed by atoms with van der Waals surface area (Å²) in [5.74, 6) is -2.58. The number of hydrogen-bond acceptors (Lipinski definition) is 4. The van der Waals surface area contributed by atoms with Gasteiger partial charge in [0.2, 0.25) is 0 Å². The molecule has 0 radical (unpaired) electrons. The van der Waals surface area contributed by atoms with Crippen LogP contribution in [0.2, 0.25) is 0 Å². The van der Waals surface area contributed by atoms with Gasteiger partial charge in [0.05, 0.1) is 0 Å². The van der Waals surface area contributed by atoms with Crippen molar-refractivity contribution in [3.05, 3.63) is 35.5 Å². The van der Waals surface area contributed by atoms with Gasteiger partial charge in [-0.05, 0) is 38.8 Å². The van der Waals surface area contributed by atoms with Crippen molar-refractivity contribution in [1.29, 1.82) is 0 Å². The summed E-state index contributed by atoms with van der Waals surface area (Å²) in [6.07, 6.45) is 6.11. The van der Waals surface area contributed by atoms with Gasteiger partial charge in [-0.25, -0.2) is 9.59 Å². The Labute approximate surface area is 128 Å². The van der Waals surface area contributed by atoms with Crippen LogP contribution in [0.1, 0.15) is 39.5 Å². The van der Waals surface area contributed by atoms with E-state index in [9.17, 15) is 19.2 Å². The SMILES string of the molecule is CC(=CCCC(=O)/C=C\C(=O)CCC=C(C)C(=O)O)C(=O)O. The molecule has 6 heteroatoms. The first-order valence-electron chi connectivity index (χ1n) is 6.78. The third-order valence-electron chi connectivity index (χ3n) is 2.81. The molecule has 2 N–H and O–H groups in total. The minimum absolute atomic E-state index is 0.131. The molecule has 0 saturated heterocycles. The molecule has 0 aliphatic heterocycles. The van der Waals surface area contributed by atoms with Gasteiger partial charge in [-0.2, -0.15) is 0 Å². The summed E-state index contributed by atoms with van der Waals surface area (Å²) in [5.41, 5.74) is 0.349. The summed E-state index contributed by atoms with van der Waals surface area (Å²) in [6, 6.07) is 0. The monoisotopic (exact) mass is 308 g/mol. The molecular formula is C16H20O6. The van der Waals surface area contributed by atoms with E-state index >= 15 is 0 Å². The Morgan fingerprint density at radius 1 is 0.727 bits per heavy atom. The highest BCUT2D eigenvalue weighted by Crippen LogP contribution is 2.02. The Kier molecular flexibility index (Phi) is 9.09. The molecule has 0 fully saturated rings. The predicted octanol–water partition coefficient (Wildman–Crippen LogP) is 2.30. The maximum absolute atomic E-state index is 11.5. The molecule has 0 aromatic heterocycles. The number of carboxylic acid groups (broad SMARTS) is 2. The Bertz CT molecular complexity index is 489. The molecule has 0 rings (SSSR count). The molecule has 0 spiro atoms. The number of hydrogen-bond donors (Lipinski definition) is 2. The third kappa shape index (κ3) is 9.41. The second-order valence-electron chi connectivity index (χ2n) is 4.73. The average Bonchev–Trinajstić information content (AvgIpc) is 2.44. The van der Waals surface area contributed by atoms with Crippen LogP contribution >= 0.6 is 0 Å². The number of carbonyl (C=O) groups excluding carboxylic acids is 2. The zero-order valence-electron chi connectivity index (χ0n) is 12.7. The van der Waals surface area contributed by atoms with E-state index in [4.69, 9.17) is 10.2 Å². The van der Waals surface area contributed by atoms with E-state index in [0.29, 0.717) is 12.8 Å². The molecule has 120 valence electrons. The molecular weight excluding hydrogens is 288 g/mol. The Balaban J connectivity index is 4.15. The van der Waals surface area contributed by atoms with Gasteiger partial charge in [0.1, 0.15) is 0 Å². The van der Waals surface area contributed by atoms with Gasteiger partial charge in [0.25, 0.3) is 0 Å². The number of rotatable bonds is 10. The normalized spacial score (nSPS) is 12.5. The first-order chi connectivity index (χ1) is 10.2. The fourth-order valence-corrected chi connectivity index (χ4v) is 1.39. The summed E-state index contributed by atoms with van der Waals surface area (Å²) >= 11 is 0. The first kappa shape index (κ1) is 19.5. The molecule has 0 aromatic rings. The van der Waals surface area contributed by atoms with Crippen molar-refractivity contribution < 1.29 is 29.4 Å². The zero-order chi connectivity index (χ0) is 17.1. The van der Waals surface area contributed by atoms with Crippen LogP contribution in [-0.2, 0) is 19.2 Å². The zero-order valence-corrected chi connectivity index (χ0v) is 12.7. The van der Waals surface area contributed by atoms with Crippen molar-refractivity contribution >= 4 is 23.5 Å². The smallest absolute Gasteiger partial charge is 0.330 e. The van der Waals surface area contributed by atoms with E-state index in [2.05, 4.69) is 0 Å². The number of ketones is 2. The fraction of sp³-hybridized carbons (Fsp3) is 0.375. The van der Waals surface area contributed by atoms with Crippen LogP contribution in [0.5, 0.6) is 0 Å². The number of carboxylic acids is 2. The second kappa shape index (κ2) is 10.3. The van der Waals surface area contributed by atoms with Gasteiger partial charge in [0, 0.05) is 24.0 Å². The van der Waals surface area contributed by atoms with Crippen LogP contribution in [-0.4, -0.2) is 33.7 Å². The van der Waals surface area contributed by atoms with Crippen LogP contribution in [0.25, 0.3) is 0 Å².